The summed E-state index contributed by atoms with van der Waals surface area (Å²) in [4.78, 5) is 19.2. The number of piperidine rings is 1. The van der Waals surface area contributed by atoms with Crippen LogP contribution in [-0.4, -0.2) is 40.6 Å². The lowest BCUT2D eigenvalue weighted by atomic mass is 10.0. The molecular formula is C24H26N2O3. The molecule has 150 valence electrons. The molecule has 5 heteroatoms. The number of aliphatic hydroxyl groups is 1. The number of likely N-dealkylation sites (tertiary alicyclic amines) is 1. The minimum atomic E-state index is -0.0147. The van der Waals surface area contributed by atoms with Crippen molar-refractivity contribution in [3.05, 3.63) is 59.7 Å². The van der Waals surface area contributed by atoms with Gasteiger partial charge in [-0.15, -0.1) is 0 Å². The minimum absolute atomic E-state index is 0.0147. The predicted molar refractivity (Wildman–Crippen MR) is 114 cm³/mol. The van der Waals surface area contributed by atoms with E-state index < -0.39 is 0 Å². The first-order valence-corrected chi connectivity index (χ1v) is 10.2. The van der Waals surface area contributed by atoms with Gasteiger partial charge in [-0.1, -0.05) is 24.3 Å². The van der Waals surface area contributed by atoms with Gasteiger partial charge in [-0.05, 0) is 61.6 Å². The summed E-state index contributed by atoms with van der Waals surface area (Å²) in [7, 11) is 0. The summed E-state index contributed by atoms with van der Waals surface area (Å²) in [5.41, 5.74) is 4.43. The van der Waals surface area contributed by atoms with Crippen molar-refractivity contribution in [3.63, 3.8) is 0 Å². The van der Waals surface area contributed by atoms with Gasteiger partial charge in [0, 0.05) is 24.0 Å². The molecule has 0 aliphatic carbocycles. The molecule has 0 radical (unpaired) electrons. The van der Waals surface area contributed by atoms with Crippen LogP contribution >= 0.6 is 0 Å². The maximum absolute atomic E-state index is 12.5. The van der Waals surface area contributed by atoms with E-state index in [4.69, 9.17) is 9.72 Å². The molecule has 1 N–H and O–H groups in total. The number of hydrogen-bond acceptors (Lipinski definition) is 4. The molecule has 29 heavy (non-hydrogen) atoms. The number of amides is 1. The lowest BCUT2D eigenvalue weighted by molar-refractivity contribution is -0.134. The summed E-state index contributed by atoms with van der Waals surface area (Å²) in [6.07, 6.45) is 3.33. The Morgan fingerprint density at radius 2 is 1.90 bits per heavy atom. The Kier molecular flexibility index (Phi) is 5.76. The standard InChI is InChI=1S/C24H26N2O3/c1-17-13-21(25-22-14-18(15-27)9-10-19(17)22)20-7-3-4-8-23(20)29-16-24(28)26-11-5-2-6-12-26/h3-4,7-10,13-14,27H,2,5-6,11-12,15-16H2,1H3. The third-order valence-corrected chi connectivity index (χ3v) is 5.49. The Labute approximate surface area is 170 Å². The van der Waals surface area contributed by atoms with Gasteiger partial charge >= 0.3 is 0 Å². The Bertz CT molecular complexity index is 1030. The summed E-state index contributed by atoms with van der Waals surface area (Å²) >= 11 is 0. The lowest BCUT2D eigenvalue weighted by Crippen LogP contribution is -2.38. The van der Waals surface area contributed by atoms with Crippen LogP contribution in [0.1, 0.15) is 30.4 Å². The molecule has 3 aromatic rings. The van der Waals surface area contributed by atoms with Crippen LogP contribution in [0.25, 0.3) is 22.2 Å². The number of para-hydroxylation sites is 1. The van der Waals surface area contributed by atoms with Crippen LogP contribution in [0, 0.1) is 6.92 Å². The summed E-state index contributed by atoms with van der Waals surface area (Å²) in [5, 5.41) is 10.5. The monoisotopic (exact) mass is 390 g/mol. The number of ether oxygens (including phenoxy) is 1. The van der Waals surface area contributed by atoms with Crippen LogP contribution in [0.2, 0.25) is 0 Å². The second-order valence-corrected chi connectivity index (χ2v) is 7.56. The maximum Gasteiger partial charge on any atom is 0.260 e. The smallest absolute Gasteiger partial charge is 0.260 e. The lowest BCUT2D eigenvalue weighted by Gasteiger charge is -2.26. The van der Waals surface area contributed by atoms with Crippen LogP contribution in [-0.2, 0) is 11.4 Å². The van der Waals surface area contributed by atoms with E-state index in [0.717, 1.165) is 59.2 Å². The van der Waals surface area contributed by atoms with E-state index in [1.54, 1.807) is 0 Å². The molecule has 1 aliphatic rings. The second-order valence-electron chi connectivity index (χ2n) is 7.56. The number of fused-ring (bicyclic) bond motifs is 1. The van der Waals surface area contributed by atoms with Crippen molar-refractivity contribution in [2.24, 2.45) is 0 Å². The summed E-state index contributed by atoms with van der Waals surface area (Å²) in [6.45, 7) is 3.72. The number of benzene rings is 2. The molecule has 0 spiro atoms. The summed E-state index contributed by atoms with van der Waals surface area (Å²) in [6, 6.07) is 15.5. The van der Waals surface area contributed by atoms with Crippen LogP contribution < -0.4 is 4.74 Å². The topological polar surface area (TPSA) is 62.7 Å². The number of hydrogen-bond donors (Lipinski definition) is 1. The van der Waals surface area contributed by atoms with E-state index in [2.05, 4.69) is 6.92 Å². The van der Waals surface area contributed by atoms with Crippen LogP contribution in [0.5, 0.6) is 5.75 Å². The molecule has 0 bridgehead atoms. The van der Waals surface area contributed by atoms with Gasteiger partial charge in [0.15, 0.2) is 6.61 Å². The number of carbonyl (C=O) groups is 1. The molecule has 1 fully saturated rings. The average molecular weight is 390 g/mol. The second kappa shape index (κ2) is 8.62. The highest BCUT2D eigenvalue weighted by molar-refractivity contribution is 5.86. The van der Waals surface area contributed by atoms with E-state index in [0.29, 0.717) is 5.75 Å². The van der Waals surface area contributed by atoms with Crippen molar-refractivity contribution in [1.29, 1.82) is 0 Å². The molecule has 2 heterocycles. The molecule has 1 saturated heterocycles. The van der Waals surface area contributed by atoms with E-state index in [1.165, 1.54) is 6.42 Å². The molecule has 5 nitrogen and oxygen atoms in total. The number of rotatable bonds is 5. The average Bonchev–Trinajstić information content (AvgIpc) is 2.77. The Morgan fingerprint density at radius 1 is 1.10 bits per heavy atom. The normalized spacial score (nSPS) is 14.2. The van der Waals surface area contributed by atoms with Crippen molar-refractivity contribution >= 4 is 16.8 Å². The van der Waals surface area contributed by atoms with Crippen molar-refractivity contribution in [1.82, 2.24) is 9.88 Å². The molecule has 2 aromatic carbocycles. The highest BCUT2D eigenvalue weighted by atomic mass is 16.5. The van der Waals surface area contributed by atoms with Crippen LogP contribution in [0.3, 0.4) is 0 Å². The fourth-order valence-electron chi connectivity index (χ4n) is 3.86. The molecular weight excluding hydrogens is 364 g/mol. The van der Waals surface area contributed by atoms with Gasteiger partial charge in [0.2, 0.25) is 0 Å². The first-order valence-electron chi connectivity index (χ1n) is 10.2. The molecule has 1 amide bonds. The SMILES string of the molecule is Cc1cc(-c2ccccc2OCC(=O)N2CCCCC2)nc2cc(CO)ccc12. The maximum atomic E-state index is 12.5. The van der Waals surface area contributed by atoms with Gasteiger partial charge in [0.1, 0.15) is 5.75 Å². The zero-order valence-electron chi connectivity index (χ0n) is 16.7. The van der Waals surface area contributed by atoms with E-state index in [1.807, 2.05) is 53.4 Å². The van der Waals surface area contributed by atoms with E-state index in [9.17, 15) is 9.90 Å². The van der Waals surface area contributed by atoms with Crippen molar-refractivity contribution in [3.8, 4) is 17.0 Å². The highest BCUT2D eigenvalue weighted by Crippen LogP contribution is 2.31. The largest absolute Gasteiger partial charge is 0.483 e. The predicted octanol–water partition coefficient (Wildman–Crippen LogP) is 4.09. The molecule has 4 rings (SSSR count). The molecule has 1 aliphatic heterocycles. The number of aryl methyl sites for hydroxylation is 1. The zero-order chi connectivity index (χ0) is 20.2. The van der Waals surface area contributed by atoms with E-state index in [-0.39, 0.29) is 19.1 Å². The summed E-state index contributed by atoms with van der Waals surface area (Å²) < 4.78 is 5.93. The Morgan fingerprint density at radius 3 is 2.69 bits per heavy atom. The molecule has 0 saturated carbocycles. The first kappa shape index (κ1) is 19.4. The quantitative estimate of drug-likeness (QED) is 0.713. The van der Waals surface area contributed by atoms with Crippen LogP contribution in [0.4, 0.5) is 0 Å². The van der Waals surface area contributed by atoms with Crippen molar-refractivity contribution in [2.45, 2.75) is 32.8 Å². The number of nitrogens with zero attached hydrogens (tertiary/aromatic N) is 2. The fourth-order valence-corrected chi connectivity index (χ4v) is 3.86. The number of aliphatic hydroxyl groups excluding tert-OH is 1. The zero-order valence-corrected chi connectivity index (χ0v) is 16.7. The third kappa shape index (κ3) is 4.25. The molecule has 0 atom stereocenters. The van der Waals surface area contributed by atoms with Gasteiger partial charge in [-0.2, -0.15) is 0 Å². The summed E-state index contributed by atoms with van der Waals surface area (Å²) in [5.74, 6) is 0.692. The molecule has 0 unspecified atom stereocenters. The van der Waals surface area contributed by atoms with E-state index >= 15 is 0 Å². The van der Waals surface area contributed by atoms with Gasteiger partial charge in [0.05, 0.1) is 17.8 Å². The van der Waals surface area contributed by atoms with Gasteiger partial charge in [0.25, 0.3) is 5.91 Å². The van der Waals surface area contributed by atoms with Gasteiger partial charge in [-0.25, -0.2) is 4.98 Å². The fraction of sp³-hybridized carbons (Fsp3) is 0.333. The highest BCUT2D eigenvalue weighted by Gasteiger charge is 2.18. The van der Waals surface area contributed by atoms with Crippen LogP contribution in [0.15, 0.2) is 48.5 Å². The van der Waals surface area contributed by atoms with Crippen molar-refractivity contribution < 1.29 is 14.6 Å². The number of aromatic nitrogens is 1. The van der Waals surface area contributed by atoms with Crippen molar-refractivity contribution in [2.75, 3.05) is 19.7 Å². The Balaban J connectivity index is 1.61. The first-order chi connectivity index (χ1) is 14.2. The molecule has 1 aromatic heterocycles. The minimum Gasteiger partial charge on any atom is -0.483 e. The third-order valence-electron chi connectivity index (χ3n) is 5.49. The Hall–Kier alpha value is -2.92. The van der Waals surface area contributed by atoms with Gasteiger partial charge in [-0.3, -0.25) is 4.79 Å². The number of carbonyl (C=O) groups excluding carboxylic acids is 1. The number of pyridine rings is 1. The van der Waals surface area contributed by atoms with Gasteiger partial charge < -0.3 is 14.7 Å².